The molecule has 0 unspecified atom stereocenters. The van der Waals surface area contributed by atoms with Gasteiger partial charge in [-0.2, -0.15) is 0 Å². The van der Waals surface area contributed by atoms with Crippen LogP contribution in [0, 0.1) is 0 Å². The van der Waals surface area contributed by atoms with Gasteiger partial charge in [-0.15, -0.1) is 0 Å². The van der Waals surface area contributed by atoms with E-state index >= 15 is 0 Å². The number of amides is 1. The Morgan fingerprint density at radius 2 is 1.86 bits per heavy atom. The molecule has 0 radical (unpaired) electrons. The topological polar surface area (TPSA) is 44.8 Å². The molecule has 3 aromatic carbocycles. The van der Waals surface area contributed by atoms with Crippen molar-refractivity contribution in [3.8, 4) is 0 Å². The number of rotatable bonds is 6. The number of benzene rings is 3. The molecule has 4 rings (SSSR count). The summed E-state index contributed by atoms with van der Waals surface area (Å²) in [5, 5.41) is 3.93. The van der Waals surface area contributed by atoms with Crippen LogP contribution in [0.1, 0.15) is 11.6 Å². The molecule has 1 saturated heterocycles. The van der Waals surface area contributed by atoms with E-state index in [2.05, 4.69) is 75.8 Å². The Labute approximate surface area is 173 Å². The Morgan fingerprint density at radius 1 is 1.11 bits per heavy atom. The number of carbonyl (C=O) groups excluding carboxylic acids is 1. The van der Waals surface area contributed by atoms with Gasteiger partial charge in [0.05, 0.1) is 12.6 Å². The second kappa shape index (κ2) is 8.20. The zero-order valence-electron chi connectivity index (χ0n) is 15.6. The zero-order valence-corrected chi connectivity index (χ0v) is 17.2. The Bertz CT molecular complexity index is 972. The van der Waals surface area contributed by atoms with Crippen molar-refractivity contribution in [3.63, 3.8) is 0 Å². The molecule has 1 atom stereocenters. The summed E-state index contributed by atoms with van der Waals surface area (Å²) in [7, 11) is 2.06. The average Bonchev–Trinajstić information content (AvgIpc) is 3.12. The van der Waals surface area contributed by atoms with Crippen LogP contribution in [-0.2, 0) is 4.74 Å². The van der Waals surface area contributed by atoms with Crippen molar-refractivity contribution in [1.29, 1.82) is 0 Å². The minimum atomic E-state index is -0.323. The molecule has 5 nitrogen and oxygen atoms in total. The van der Waals surface area contributed by atoms with Gasteiger partial charge in [0.25, 0.3) is 0 Å². The number of hydrogen-bond acceptors (Lipinski definition) is 4. The van der Waals surface area contributed by atoms with Gasteiger partial charge in [0.1, 0.15) is 6.61 Å². The standard InChI is InChI=1S/C22H22BrN3O2/c1-25(18-11-9-17(23)10-12-18)15-21(24-26-13-14-28-22(26)27)20-8-4-6-16-5-2-3-7-19(16)20/h2-12,21,24H,13-15H2,1H3/t21-/m0/s1. The van der Waals surface area contributed by atoms with Gasteiger partial charge in [-0.25, -0.2) is 15.2 Å². The van der Waals surface area contributed by atoms with E-state index in [0.717, 1.165) is 15.7 Å². The van der Waals surface area contributed by atoms with Crippen LogP contribution in [-0.4, -0.2) is 37.8 Å². The first-order valence-corrected chi connectivity index (χ1v) is 10.1. The van der Waals surface area contributed by atoms with Crippen molar-refractivity contribution in [2.45, 2.75) is 6.04 Å². The number of cyclic esters (lactones) is 1. The molecular formula is C22H22BrN3O2. The molecule has 0 saturated carbocycles. The van der Waals surface area contributed by atoms with Gasteiger partial charge in [-0.3, -0.25) is 0 Å². The fourth-order valence-electron chi connectivity index (χ4n) is 3.54. The highest BCUT2D eigenvalue weighted by Gasteiger charge is 2.27. The van der Waals surface area contributed by atoms with Gasteiger partial charge in [-0.05, 0) is 40.6 Å². The second-order valence-corrected chi connectivity index (χ2v) is 7.79. The van der Waals surface area contributed by atoms with Gasteiger partial charge in [0, 0.05) is 23.8 Å². The number of hydrazine groups is 1. The molecule has 6 heteroatoms. The molecule has 1 N–H and O–H groups in total. The van der Waals surface area contributed by atoms with E-state index in [1.807, 2.05) is 24.3 Å². The van der Waals surface area contributed by atoms with Crippen molar-refractivity contribution in [3.05, 3.63) is 76.8 Å². The zero-order chi connectivity index (χ0) is 19.5. The normalized spacial score (nSPS) is 14.9. The van der Waals surface area contributed by atoms with Crippen LogP contribution in [0.4, 0.5) is 10.5 Å². The van der Waals surface area contributed by atoms with Gasteiger partial charge in [0.2, 0.25) is 0 Å². The summed E-state index contributed by atoms with van der Waals surface area (Å²) in [5.74, 6) is 0. The van der Waals surface area contributed by atoms with Gasteiger partial charge in [-0.1, -0.05) is 58.4 Å². The number of nitrogens with zero attached hydrogens (tertiary/aromatic N) is 2. The van der Waals surface area contributed by atoms with Crippen LogP contribution in [0.25, 0.3) is 10.8 Å². The summed E-state index contributed by atoms with van der Waals surface area (Å²) < 4.78 is 6.15. The smallest absolute Gasteiger partial charge is 0.424 e. The molecule has 1 aliphatic rings. The lowest BCUT2D eigenvalue weighted by Gasteiger charge is -2.30. The fourth-order valence-corrected chi connectivity index (χ4v) is 3.80. The third kappa shape index (κ3) is 3.98. The first kappa shape index (κ1) is 18.8. The van der Waals surface area contributed by atoms with Gasteiger partial charge >= 0.3 is 6.09 Å². The number of hydrogen-bond donors (Lipinski definition) is 1. The van der Waals surface area contributed by atoms with Crippen molar-refractivity contribution >= 4 is 38.5 Å². The molecule has 0 bridgehead atoms. The molecule has 1 aliphatic heterocycles. The highest BCUT2D eigenvalue weighted by atomic mass is 79.9. The monoisotopic (exact) mass is 439 g/mol. The molecule has 28 heavy (non-hydrogen) atoms. The number of likely N-dealkylation sites (N-methyl/N-ethyl adjacent to an activating group) is 1. The summed E-state index contributed by atoms with van der Waals surface area (Å²) >= 11 is 3.49. The van der Waals surface area contributed by atoms with E-state index < -0.39 is 0 Å². The maximum absolute atomic E-state index is 12.0. The van der Waals surface area contributed by atoms with Gasteiger partial charge in [0.15, 0.2) is 0 Å². The third-order valence-corrected chi connectivity index (χ3v) is 5.52. The van der Waals surface area contributed by atoms with E-state index in [9.17, 15) is 4.79 Å². The van der Waals surface area contributed by atoms with E-state index in [4.69, 9.17) is 4.74 Å². The number of carbonyl (C=O) groups is 1. The molecular weight excluding hydrogens is 418 g/mol. The predicted molar refractivity (Wildman–Crippen MR) is 115 cm³/mol. The quantitative estimate of drug-likeness (QED) is 0.602. The van der Waals surface area contributed by atoms with Crippen LogP contribution in [0.2, 0.25) is 0 Å². The van der Waals surface area contributed by atoms with E-state index in [1.54, 1.807) is 5.01 Å². The highest BCUT2D eigenvalue weighted by molar-refractivity contribution is 9.10. The lowest BCUT2D eigenvalue weighted by Crippen LogP contribution is -2.44. The van der Waals surface area contributed by atoms with Crippen molar-refractivity contribution in [2.24, 2.45) is 0 Å². The number of fused-ring (bicyclic) bond motifs is 1. The highest BCUT2D eigenvalue weighted by Crippen LogP contribution is 2.27. The molecule has 1 amide bonds. The van der Waals surface area contributed by atoms with Crippen LogP contribution in [0.3, 0.4) is 0 Å². The second-order valence-electron chi connectivity index (χ2n) is 6.87. The lowest BCUT2D eigenvalue weighted by atomic mass is 9.98. The predicted octanol–water partition coefficient (Wildman–Crippen LogP) is 4.74. The molecule has 1 heterocycles. The lowest BCUT2D eigenvalue weighted by molar-refractivity contribution is 0.139. The van der Waals surface area contributed by atoms with E-state index in [0.29, 0.717) is 19.7 Å². The summed E-state index contributed by atoms with van der Waals surface area (Å²) in [4.78, 5) is 14.2. The number of halogens is 1. The maximum atomic E-state index is 12.0. The number of nitrogens with one attached hydrogen (secondary N) is 1. The SMILES string of the molecule is CN(C[C@H](NN1CCOC1=O)c1cccc2ccccc12)c1ccc(Br)cc1. The largest absolute Gasteiger partial charge is 0.447 e. The van der Waals surface area contributed by atoms with E-state index in [-0.39, 0.29) is 12.1 Å². The van der Waals surface area contributed by atoms with Gasteiger partial charge < -0.3 is 9.64 Å². The van der Waals surface area contributed by atoms with Crippen molar-refractivity contribution < 1.29 is 9.53 Å². The third-order valence-electron chi connectivity index (χ3n) is 5.00. The summed E-state index contributed by atoms with van der Waals surface area (Å²) in [5.41, 5.74) is 5.66. The molecule has 0 aromatic heterocycles. The Balaban J connectivity index is 1.67. The first-order chi connectivity index (χ1) is 13.6. The molecule has 0 spiro atoms. The summed E-state index contributed by atoms with van der Waals surface area (Å²) in [6, 6.07) is 22.8. The Kier molecular flexibility index (Phi) is 5.50. The number of ether oxygens (including phenoxy) is 1. The minimum absolute atomic E-state index is 0.0783. The molecule has 1 fully saturated rings. The van der Waals surface area contributed by atoms with Crippen LogP contribution < -0.4 is 10.3 Å². The first-order valence-electron chi connectivity index (χ1n) is 9.26. The number of anilines is 1. The van der Waals surface area contributed by atoms with Crippen LogP contribution in [0.5, 0.6) is 0 Å². The summed E-state index contributed by atoms with van der Waals surface area (Å²) in [6.45, 7) is 1.65. The molecule has 144 valence electrons. The maximum Gasteiger partial charge on any atom is 0.424 e. The van der Waals surface area contributed by atoms with Crippen LogP contribution >= 0.6 is 15.9 Å². The Hall–Kier alpha value is -2.57. The van der Waals surface area contributed by atoms with E-state index in [1.165, 1.54) is 10.8 Å². The fraction of sp³-hybridized carbons (Fsp3) is 0.227. The average molecular weight is 440 g/mol. The van der Waals surface area contributed by atoms with Crippen molar-refractivity contribution in [2.75, 3.05) is 31.6 Å². The van der Waals surface area contributed by atoms with Crippen molar-refractivity contribution in [1.82, 2.24) is 10.4 Å². The molecule has 3 aromatic rings. The summed E-state index contributed by atoms with van der Waals surface area (Å²) in [6.07, 6.45) is -0.323. The Morgan fingerprint density at radius 3 is 2.61 bits per heavy atom. The van der Waals surface area contributed by atoms with Crippen LogP contribution in [0.15, 0.2) is 71.2 Å². The molecule has 0 aliphatic carbocycles. The minimum Gasteiger partial charge on any atom is -0.447 e.